The van der Waals surface area contributed by atoms with Gasteiger partial charge < -0.3 is 0 Å². The molecule has 3 atom stereocenters. The number of carbonyl (C=O) groups excluding carboxylic acids is 1. The molecule has 3 fully saturated rings. The lowest BCUT2D eigenvalue weighted by atomic mass is 9.62. The van der Waals surface area contributed by atoms with Crippen LogP contribution in [0.1, 0.15) is 26.7 Å². The van der Waals surface area contributed by atoms with E-state index in [1.54, 1.807) is 0 Å². The van der Waals surface area contributed by atoms with Crippen LogP contribution in [0.15, 0.2) is 0 Å². The van der Waals surface area contributed by atoms with E-state index in [1.165, 1.54) is 6.42 Å². The standard InChI is InChI=1S/C8H12O/c1-5-6-3-7(9)8(5,2)4-6/h5-6H,3-4H2,1-2H3/t5-,6-,8+/m0/s1. The van der Waals surface area contributed by atoms with E-state index < -0.39 is 0 Å². The van der Waals surface area contributed by atoms with Crippen molar-refractivity contribution in [1.29, 1.82) is 0 Å². The molecule has 3 aliphatic rings. The number of hydrogen-bond acceptors (Lipinski definition) is 1. The van der Waals surface area contributed by atoms with E-state index in [-0.39, 0.29) is 5.41 Å². The van der Waals surface area contributed by atoms with Crippen LogP contribution in [-0.2, 0) is 4.79 Å². The normalized spacial score (nSPS) is 55.6. The molecular weight excluding hydrogens is 112 g/mol. The maximum atomic E-state index is 11.1. The van der Waals surface area contributed by atoms with Crippen molar-refractivity contribution in [2.24, 2.45) is 17.3 Å². The maximum absolute atomic E-state index is 11.1. The van der Waals surface area contributed by atoms with Gasteiger partial charge in [-0.05, 0) is 18.3 Å². The second-order valence-corrected chi connectivity index (χ2v) is 3.80. The Morgan fingerprint density at radius 1 is 1.67 bits per heavy atom. The molecule has 0 saturated heterocycles. The molecule has 3 saturated carbocycles. The van der Waals surface area contributed by atoms with Gasteiger partial charge in [0.05, 0.1) is 0 Å². The van der Waals surface area contributed by atoms with Gasteiger partial charge in [-0.25, -0.2) is 0 Å². The van der Waals surface area contributed by atoms with Crippen molar-refractivity contribution in [2.45, 2.75) is 26.7 Å². The van der Waals surface area contributed by atoms with E-state index in [9.17, 15) is 4.79 Å². The Morgan fingerprint density at radius 2 is 2.33 bits per heavy atom. The van der Waals surface area contributed by atoms with Crippen molar-refractivity contribution >= 4 is 5.78 Å². The molecule has 0 heterocycles. The first kappa shape index (κ1) is 5.45. The number of fused-ring (bicyclic) bond motifs is 1. The topological polar surface area (TPSA) is 17.1 Å². The summed E-state index contributed by atoms with van der Waals surface area (Å²) in [5.74, 6) is 1.95. The molecule has 0 spiro atoms. The Kier molecular flexibility index (Phi) is 0.744. The highest BCUT2D eigenvalue weighted by atomic mass is 16.1. The molecule has 1 heteroatoms. The van der Waals surface area contributed by atoms with Gasteiger partial charge in [0, 0.05) is 11.8 Å². The second kappa shape index (κ2) is 1.23. The van der Waals surface area contributed by atoms with Crippen molar-refractivity contribution in [3.8, 4) is 0 Å². The minimum atomic E-state index is 0.116. The van der Waals surface area contributed by atoms with Gasteiger partial charge >= 0.3 is 0 Å². The SMILES string of the molecule is C[C@H]1[C@H]2CC(=O)[C@]1(C)C2. The Hall–Kier alpha value is -0.330. The summed E-state index contributed by atoms with van der Waals surface area (Å²) in [5.41, 5.74) is 0.116. The van der Waals surface area contributed by atoms with Crippen LogP contribution >= 0.6 is 0 Å². The van der Waals surface area contributed by atoms with Gasteiger partial charge in [0.1, 0.15) is 5.78 Å². The molecule has 0 aromatic carbocycles. The average molecular weight is 124 g/mol. The fraction of sp³-hybridized carbons (Fsp3) is 0.875. The number of hydrogen-bond donors (Lipinski definition) is 0. The summed E-state index contributed by atoms with van der Waals surface area (Å²) < 4.78 is 0. The minimum Gasteiger partial charge on any atom is -0.299 e. The van der Waals surface area contributed by atoms with Crippen LogP contribution in [0.2, 0.25) is 0 Å². The molecule has 2 bridgehead atoms. The monoisotopic (exact) mass is 124 g/mol. The number of rotatable bonds is 0. The quantitative estimate of drug-likeness (QED) is 0.479. The molecule has 9 heavy (non-hydrogen) atoms. The summed E-state index contributed by atoms with van der Waals surface area (Å²) in [6.45, 7) is 4.32. The highest BCUT2D eigenvalue weighted by Gasteiger charge is 2.59. The molecule has 0 amide bonds. The van der Waals surface area contributed by atoms with Gasteiger partial charge in [0.2, 0.25) is 0 Å². The molecule has 50 valence electrons. The van der Waals surface area contributed by atoms with E-state index in [2.05, 4.69) is 13.8 Å². The Labute approximate surface area is 55.4 Å². The molecule has 1 nitrogen and oxygen atoms in total. The lowest BCUT2D eigenvalue weighted by Gasteiger charge is -2.40. The lowest BCUT2D eigenvalue weighted by Crippen LogP contribution is -2.38. The summed E-state index contributed by atoms with van der Waals surface area (Å²) in [6.07, 6.45) is 2.05. The van der Waals surface area contributed by atoms with Crippen LogP contribution in [0.5, 0.6) is 0 Å². The van der Waals surface area contributed by atoms with E-state index in [0.717, 1.165) is 12.3 Å². The largest absolute Gasteiger partial charge is 0.299 e. The Bertz CT molecular complexity index is 173. The predicted molar refractivity (Wildman–Crippen MR) is 35.0 cm³/mol. The highest BCUT2D eigenvalue weighted by Crippen LogP contribution is 2.60. The van der Waals surface area contributed by atoms with Crippen molar-refractivity contribution < 1.29 is 4.79 Å². The second-order valence-electron chi connectivity index (χ2n) is 3.80. The van der Waals surface area contributed by atoms with Gasteiger partial charge in [-0.2, -0.15) is 0 Å². The van der Waals surface area contributed by atoms with E-state index in [1.807, 2.05) is 0 Å². The number of Topliss-reactive ketones (excluding diaryl/α,β-unsaturated/α-hetero) is 1. The lowest BCUT2D eigenvalue weighted by molar-refractivity contribution is -0.127. The summed E-state index contributed by atoms with van der Waals surface area (Å²) in [5, 5.41) is 0. The zero-order valence-electron chi connectivity index (χ0n) is 5.98. The van der Waals surface area contributed by atoms with E-state index >= 15 is 0 Å². The summed E-state index contributed by atoms with van der Waals surface area (Å²) >= 11 is 0. The van der Waals surface area contributed by atoms with E-state index in [4.69, 9.17) is 0 Å². The molecule has 3 aliphatic carbocycles. The first-order chi connectivity index (χ1) is 4.14. The minimum absolute atomic E-state index is 0.116. The van der Waals surface area contributed by atoms with Crippen LogP contribution in [0.3, 0.4) is 0 Å². The van der Waals surface area contributed by atoms with Gasteiger partial charge in [-0.1, -0.05) is 13.8 Å². The van der Waals surface area contributed by atoms with Crippen molar-refractivity contribution in [3.63, 3.8) is 0 Å². The van der Waals surface area contributed by atoms with Crippen LogP contribution in [0.25, 0.3) is 0 Å². The van der Waals surface area contributed by atoms with Crippen molar-refractivity contribution in [2.75, 3.05) is 0 Å². The van der Waals surface area contributed by atoms with Crippen molar-refractivity contribution in [3.05, 3.63) is 0 Å². The third-order valence-corrected chi connectivity index (χ3v) is 3.48. The smallest absolute Gasteiger partial charge is 0.139 e. The number of carbonyl (C=O) groups is 1. The predicted octanol–water partition coefficient (Wildman–Crippen LogP) is 1.62. The third kappa shape index (κ3) is 0.405. The summed E-state index contributed by atoms with van der Waals surface area (Å²) in [4.78, 5) is 11.1. The zero-order chi connectivity index (χ0) is 6.65. The van der Waals surface area contributed by atoms with Crippen LogP contribution in [0.4, 0.5) is 0 Å². The molecule has 0 aromatic heterocycles. The fourth-order valence-electron chi connectivity index (χ4n) is 2.36. The summed E-state index contributed by atoms with van der Waals surface area (Å²) in [6, 6.07) is 0. The van der Waals surface area contributed by atoms with Crippen molar-refractivity contribution in [1.82, 2.24) is 0 Å². The van der Waals surface area contributed by atoms with Gasteiger partial charge in [-0.3, -0.25) is 4.79 Å². The highest BCUT2D eigenvalue weighted by molar-refractivity contribution is 5.90. The van der Waals surface area contributed by atoms with Crippen LogP contribution in [0, 0.1) is 17.3 Å². The first-order valence-electron chi connectivity index (χ1n) is 3.68. The Morgan fingerprint density at radius 3 is 2.44 bits per heavy atom. The first-order valence-corrected chi connectivity index (χ1v) is 3.68. The molecule has 0 aliphatic heterocycles. The molecule has 3 rings (SSSR count). The molecular formula is C8H12O. The summed E-state index contributed by atoms with van der Waals surface area (Å²) in [7, 11) is 0. The molecule has 0 radical (unpaired) electrons. The van der Waals surface area contributed by atoms with Gasteiger partial charge in [-0.15, -0.1) is 0 Å². The van der Waals surface area contributed by atoms with Crippen LogP contribution in [-0.4, -0.2) is 5.78 Å². The zero-order valence-corrected chi connectivity index (χ0v) is 5.98. The van der Waals surface area contributed by atoms with E-state index in [0.29, 0.717) is 11.7 Å². The van der Waals surface area contributed by atoms with Gasteiger partial charge in [0.25, 0.3) is 0 Å². The molecule has 0 N–H and O–H groups in total. The molecule has 0 unspecified atom stereocenters. The van der Waals surface area contributed by atoms with Gasteiger partial charge in [0.15, 0.2) is 0 Å². The number of ketones is 1. The Balaban J connectivity index is 2.35. The molecule has 0 aromatic rings. The third-order valence-electron chi connectivity index (χ3n) is 3.48. The fourth-order valence-corrected chi connectivity index (χ4v) is 2.36. The maximum Gasteiger partial charge on any atom is 0.139 e. The van der Waals surface area contributed by atoms with Crippen LogP contribution < -0.4 is 0 Å². The average Bonchev–Trinajstić information content (AvgIpc) is 2.19.